The van der Waals surface area contributed by atoms with Crippen molar-refractivity contribution in [2.75, 3.05) is 4.90 Å². The first-order valence-corrected chi connectivity index (χ1v) is 11.0. The zero-order chi connectivity index (χ0) is 22.2. The number of halogens is 2. The SMILES string of the molecule is CC(C)(C)c1cc(N(C(=O)c2ccc(Cl)cc2F)C2CCC(O)CC2)c(C(=O)O)s1. The average Bonchev–Trinajstić information content (AvgIpc) is 3.09. The van der Waals surface area contributed by atoms with Crippen LogP contribution in [0.4, 0.5) is 10.1 Å². The van der Waals surface area contributed by atoms with E-state index in [1.54, 1.807) is 6.07 Å². The first kappa shape index (κ1) is 22.7. The summed E-state index contributed by atoms with van der Waals surface area (Å²) in [5.41, 5.74) is -0.195. The fourth-order valence-corrected chi connectivity index (χ4v) is 4.87. The number of aliphatic hydroxyl groups excluding tert-OH is 1. The quantitative estimate of drug-likeness (QED) is 0.641. The molecule has 1 fully saturated rings. The van der Waals surface area contributed by atoms with E-state index in [1.165, 1.54) is 17.0 Å². The first-order valence-electron chi connectivity index (χ1n) is 9.83. The van der Waals surface area contributed by atoms with Crippen molar-refractivity contribution in [3.8, 4) is 0 Å². The van der Waals surface area contributed by atoms with E-state index < -0.39 is 23.8 Å². The normalized spacial score (nSPS) is 19.5. The third kappa shape index (κ3) is 4.68. The molecule has 1 aromatic heterocycles. The second kappa shape index (κ2) is 8.65. The minimum atomic E-state index is -1.13. The lowest BCUT2D eigenvalue weighted by Crippen LogP contribution is -2.44. The van der Waals surface area contributed by atoms with E-state index in [-0.39, 0.29) is 32.6 Å². The third-order valence-corrected chi connectivity index (χ3v) is 7.09. The summed E-state index contributed by atoms with van der Waals surface area (Å²) in [6, 6.07) is 5.22. The monoisotopic (exact) mass is 453 g/mol. The zero-order valence-electron chi connectivity index (χ0n) is 17.1. The van der Waals surface area contributed by atoms with Crippen LogP contribution in [-0.4, -0.2) is 34.2 Å². The van der Waals surface area contributed by atoms with Gasteiger partial charge in [-0.1, -0.05) is 32.4 Å². The Hall–Kier alpha value is -1.96. The summed E-state index contributed by atoms with van der Waals surface area (Å²) in [5, 5.41) is 19.9. The van der Waals surface area contributed by atoms with Crippen molar-refractivity contribution in [1.29, 1.82) is 0 Å². The molecule has 1 heterocycles. The molecule has 30 heavy (non-hydrogen) atoms. The summed E-state index contributed by atoms with van der Waals surface area (Å²) in [6.45, 7) is 5.91. The number of carbonyl (C=O) groups is 2. The number of rotatable bonds is 4. The molecule has 0 radical (unpaired) electrons. The number of aliphatic hydroxyl groups is 1. The van der Waals surface area contributed by atoms with Crippen LogP contribution >= 0.6 is 22.9 Å². The molecule has 0 bridgehead atoms. The Labute approximate surface area is 184 Å². The molecule has 0 spiro atoms. The van der Waals surface area contributed by atoms with Crippen LogP contribution in [0, 0.1) is 5.82 Å². The summed E-state index contributed by atoms with van der Waals surface area (Å²) < 4.78 is 14.6. The number of hydrogen-bond donors (Lipinski definition) is 2. The summed E-state index contributed by atoms with van der Waals surface area (Å²) in [4.78, 5) is 27.8. The van der Waals surface area contributed by atoms with Crippen LogP contribution in [0.1, 0.15) is 71.4 Å². The molecule has 2 N–H and O–H groups in total. The first-order chi connectivity index (χ1) is 14.0. The lowest BCUT2D eigenvalue weighted by Gasteiger charge is -2.36. The molecular weight excluding hydrogens is 429 g/mol. The van der Waals surface area contributed by atoms with Gasteiger partial charge < -0.3 is 15.1 Å². The van der Waals surface area contributed by atoms with Crippen molar-refractivity contribution >= 4 is 40.5 Å². The average molecular weight is 454 g/mol. The Bertz CT molecular complexity index is 961. The Morgan fingerprint density at radius 2 is 1.80 bits per heavy atom. The lowest BCUT2D eigenvalue weighted by atomic mass is 9.90. The standard InChI is InChI=1S/C22H25ClFNO4S/c1-22(2,3)18-11-17(19(30-18)21(28)29)25(13-5-7-14(26)8-6-13)20(27)15-9-4-12(23)10-16(15)24/h4,9-11,13-14,26H,5-8H2,1-3H3,(H,28,29). The summed E-state index contributed by atoms with van der Waals surface area (Å²) in [5.74, 6) is -2.49. The summed E-state index contributed by atoms with van der Waals surface area (Å²) in [7, 11) is 0. The van der Waals surface area contributed by atoms with Gasteiger partial charge in [0.05, 0.1) is 17.4 Å². The largest absolute Gasteiger partial charge is 0.477 e. The van der Waals surface area contributed by atoms with E-state index in [4.69, 9.17) is 11.6 Å². The van der Waals surface area contributed by atoms with Crippen molar-refractivity contribution in [1.82, 2.24) is 0 Å². The van der Waals surface area contributed by atoms with E-state index in [1.807, 2.05) is 20.8 Å². The maximum Gasteiger partial charge on any atom is 0.348 e. The molecule has 0 unspecified atom stereocenters. The van der Waals surface area contributed by atoms with E-state index >= 15 is 0 Å². The highest BCUT2D eigenvalue weighted by Crippen LogP contribution is 2.40. The zero-order valence-corrected chi connectivity index (χ0v) is 18.7. The molecule has 0 aliphatic heterocycles. The van der Waals surface area contributed by atoms with Gasteiger partial charge in [-0.3, -0.25) is 4.79 Å². The number of anilines is 1. The topological polar surface area (TPSA) is 77.8 Å². The van der Waals surface area contributed by atoms with Crippen molar-refractivity contribution < 1.29 is 24.2 Å². The maximum absolute atomic E-state index is 14.6. The molecule has 162 valence electrons. The molecule has 1 amide bonds. The second-order valence-electron chi connectivity index (χ2n) is 8.64. The molecule has 1 aliphatic rings. The number of carbonyl (C=O) groups excluding carboxylic acids is 1. The fraction of sp³-hybridized carbons (Fsp3) is 0.455. The van der Waals surface area contributed by atoms with Crippen LogP contribution in [0.25, 0.3) is 0 Å². The number of hydrogen-bond acceptors (Lipinski definition) is 4. The lowest BCUT2D eigenvalue weighted by molar-refractivity contribution is 0.0702. The Morgan fingerprint density at radius 3 is 2.33 bits per heavy atom. The molecule has 2 aromatic rings. The van der Waals surface area contributed by atoms with Crippen molar-refractivity contribution in [2.45, 2.75) is 64.0 Å². The minimum absolute atomic E-state index is 0.0498. The molecule has 8 heteroatoms. The van der Waals surface area contributed by atoms with Crippen molar-refractivity contribution in [3.05, 3.63) is 50.4 Å². The van der Waals surface area contributed by atoms with Gasteiger partial charge in [0.25, 0.3) is 5.91 Å². The Balaban J connectivity index is 2.14. The summed E-state index contributed by atoms with van der Waals surface area (Å²) in [6.07, 6.45) is 1.55. The molecule has 0 saturated heterocycles. The number of amides is 1. The molecule has 5 nitrogen and oxygen atoms in total. The molecule has 1 saturated carbocycles. The minimum Gasteiger partial charge on any atom is -0.477 e. The van der Waals surface area contributed by atoms with E-state index in [0.29, 0.717) is 25.7 Å². The fourth-order valence-electron chi connectivity index (χ4n) is 3.66. The van der Waals surface area contributed by atoms with Crippen molar-refractivity contribution in [2.24, 2.45) is 0 Å². The molecule has 3 rings (SSSR count). The van der Waals surface area contributed by atoms with Crippen molar-refractivity contribution in [3.63, 3.8) is 0 Å². The van der Waals surface area contributed by atoms with Gasteiger partial charge in [-0.25, -0.2) is 9.18 Å². The van der Waals surface area contributed by atoms with E-state index in [9.17, 15) is 24.2 Å². The van der Waals surface area contributed by atoms with Gasteiger partial charge >= 0.3 is 5.97 Å². The van der Waals surface area contributed by atoms with Gasteiger partial charge in [0.1, 0.15) is 10.7 Å². The highest BCUT2D eigenvalue weighted by atomic mass is 35.5. The van der Waals surface area contributed by atoms with E-state index in [2.05, 4.69) is 0 Å². The van der Waals surface area contributed by atoms with Gasteiger partial charge in [0.15, 0.2) is 0 Å². The van der Waals surface area contributed by atoms with Gasteiger partial charge in [0.2, 0.25) is 0 Å². The number of nitrogens with zero attached hydrogens (tertiary/aromatic N) is 1. The number of aromatic carboxylic acids is 1. The second-order valence-corrected chi connectivity index (χ2v) is 10.1. The highest BCUT2D eigenvalue weighted by Gasteiger charge is 2.35. The van der Waals surface area contributed by atoms with Crippen LogP contribution in [0.5, 0.6) is 0 Å². The number of benzene rings is 1. The van der Waals surface area contributed by atoms with E-state index in [0.717, 1.165) is 22.3 Å². The smallest absolute Gasteiger partial charge is 0.348 e. The van der Waals surface area contributed by atoms with Crippen LogP contribution in [0.2, 0.25) is 5.02 Å². The number of carboxylic acids is 1. The number of carboxylic acid groups (broad SMARTS) is 1. The molecule has 1 aromatic carbocycles. The van der Waals surface area contributed by atoms with Crippen LogP contribution in [0.3, 0.4) is 0 Å². The van der Waals surface area contributed by atoms with Gasteiger partial charge in [-0.05, 0) is 55.4 Å². The van der Waals surface area contributed by atoms with Gasteiger partial charge in [-0.15, -0.1) is 11.3 Å². The van der Waals surface area contributed by atoms with Gasteiger partial charge in [-0.2, -0.15) is 0 Å². The Morgan fingerprint density at radius 1 is 1.17 bits per heavy atom. The van der Waals surface area contributed by atoms with Crippen LogP contribution in [-0.2, 0) is 5.41 Å². The molecular formula is C22H25ClFNO4S. The van der Waals surface area contributed by atoms with Crippen LogP contribution in [0.15, 0.2) is 24.3 Å². The molecule has 0 atom stereocenters. The predicted octanol–water partition coefficient (Wildman–Crippen LogP) is 5.49. The number of thiophene rings is 1. The van der Waals surface area contributed by atoms with Crippen LogP contribution < -0.4 is 4.90 Å². The highest BCUT2D eigenvalue weighted by molar-refractivity contribution is 7.14. The third-order valence-electron chi connectivity index (χ3n) is 5.32. The maximum atomic E-state index is 14.6. The Kier molecular flexibility index (Phi) is 6.55. The van der Waals surface area contributed by atoms with Gasteiger partial charge in [0, 0.05) is 15.9 Å². The molecule has 1 aliphatic carbocycles. The summed E-state index contributed by atoms with van der Waals surface area (Å²) >= 11 is 6.96. The predicted molar refractivity (Wildman–Crippen MR) is 116 cm³/mol.